The van der Waals surface area contributed by atoms with Crippen LogP contribution < -0.4 is 5.73 Å². The molecule has 0 bridgehead atoms. The van der Waals surface area contributed by atoms with E-state index in [1.807, 2.05) is 17.9 Å². The van der Waals surface area contributed by atoms with E-state index in [0.717, 1.165) is 19.6 Å². The van der Waals surface area contributed by atoms with E-state index in [9.17, 15) is 0 Å². The molecular formula is C10H20N4. The highest BCUT2D eigenvalue weighted by Gasteiger charge is 2.07. The van der Waals surface area contributed by atoms with Crippen molar-refractivity contribution in [2.24, 2.45) is 12.8 Å². The number of likely N-dealkylation sites (N-methyl/N-ethyl adjacent to an activating group) is 1. The number of rotatable bonds is 5. The predicted molar refractivity (Wildman–Crippen MR) is 58.0 cm³/mol. The van der Waals surface area contributed by atoms with Crippen molar-refractivity contribution in [1.29, 1.82) is 0 Å². The fraction of sp³-hybridized carbons (Fsp3) is 0.700. The van der Waals surface area contributed by atoms with Crippen LogP contribution in [0.25, 0.3) is 0 Å². The molecule has 1 heterocycles. The first-order valence-corrected chi connectivity index (χ1v) is 5.09. The van der Waals surface area contributed by atoms with Gasteiger partial charge in [-0.25, -0.2) is 0 Å². The predicted octanol–water partition coefficient (Wildman–Crippen LogP) is 0.509. The zero-order valence-electron chi connectivity index (χ0n) is 9.32. The summed E-state index contributed by atoms with van der Waals surface area (Å²) < 4.78 is 1.91. The van der Waals surface area contributed by atoms with Gasteiger partial charge in [0.15, 0.2) is 0 Å². The Bertz CT molecular complexity index is 280. The van der Waals surface area contributed by atoms with Crippen molar-refractivity contribution in [1.82, 2.24) is 14.7 Å². The van der Waals surface area contributed by atoms with Gasteiger partial charge in [-0.3, -0.25) is 9.58 Å². The van der Waals surface area contributed by atoms with E-state index in [0.29, 0.717) is 6.54 Å². The Morgan fingerprint density at radius 2 is 2.29 bits per heavy atom. The normalized spacial score (nSPS) is 11.2. The number of aryl methyl sites for hydroxylation is 1. The van der Waals surface area contributed by atoms with Gasteiger partial charge in [0.1, 0.15) is 0 Å². The van der Waals surface area contributed by atoms with Crippen molar-refractivity contribution < 1.29 is 0 Å². The molecule has 2 N–H and O–H groups in total. The molecule has 0 unspecified atom stereocenters. The van der Waals surface area contributed by atoms with E-state index in [1.165, 1.54) is 11.3 Å². The molecule has 0 aliphatic heterocycles. The standard InChI is InChI=1S/C10H20N4/c1-4-14(6-5-11)8-10-7-12-13(3)9(10)2/h7H,4-6,8,11H2,1-3H3. The van der Waals surface area contributed by atoms with Crippen LogP contribution in [0, 0.1) is 6.92 Å². The second kappa shape index (κ2) is 5.12. The lowest BCUT2D eigenvalue weighted by Crippen LogP contribution is -2.28. The molecular weight excluding hydrogens is 176 g/mol. The first-order chi connectivity index (χ1) is 6.69. The van der Waals surface area contributed by atoms with Crippen LogP contribution in [0.3, 0.4) is 0 Å². The van der Waals surface area contributed by atoms with Crippen LogP contribution in [-0.2, 0) is 13.6 Å². The van der Waals surface area contributed by atoms with Gasteiger partial charge in [-0.2, -0.15) is 5.10 Å². The first-order valence-electron chi connectivity index (χ1n) is 5.09. The molecule has 4 nitrogen and oxygen atoms in total. The molecule has 1 aromatic rings. The summed E-state index contributed by atoms with van der Waals surface area (Å²) in [6.45, 7) is 7.90. The largest absolute Gasteiger partial charge is 0.329 e. The van der Waals surface area contributed by atoms with Crippen LogP contribution in [0.15, 0.2) is 6.20 Å². The summed E-state index contributed by atoms with van der Waals surface area (Å²) in [5.74, 6) is 0. The smallest absolute Gasteiger partial charge is 0.0537 e. The molecule has 0 atom stereocenters. The highest BCUT2D eigenvalue weighted by atomic mass is 15.3. The molecule has 4 heteroatoms. The van der Waals surface area contributed by atoms with Crippen molar-refractivity contribution >= 4 is 0 Å². The Morgan fingerprint density at radius 3 is 2.71 bits per heavy atom. The minimum absolute atomic E-state index is 0.715. The van der Waals surface area contributed by atoms with E-state index < -0.39 is 0 Å². The van der Waals surface area contributed by atoms with Gasteiger partial charge in [-0.1, -0.05) is 6.92 Å². The Kier molecular flexibility index (Phi) is 4.10. The summed E-state index contributed by atoms with van der Waals surface area (Å²) >= 11 is 0. The highest BCUT2D eigenvalue weighted by Crippen LogP contribution is 2.08. The van der Waals surface area contributed by atoms with E-state index in [4.69, 9.17) is 5.73 Å². The van der Waals surface area contributed by atoms with Crippen molar-refractivity contribution in [3.8, 4) is 0 Å². The molecule has 0 saturated heterocycles. The average Bonchev–Trinajstić information content (AvgIpc) is 2.49. The number of nitrogens with two attached hydrogens (primary N) is 1. The summed E-state index contributed by atoms with van der Waals surface area (Å²) in [5.41, 5.74) is 8.07. The zero-order valence-corrected chi connectivity index (χ0v) is 9.32. The van der Waals surface area contributed by atoms with Gasteiger partial charge in [0.25, 0.3) is 0 Å². The van der Waals surface area contributed by atoms with Gasteiger partial charge in [0, 0.05) is 37.9 Å². The lowest BCUT2D eigenvalue weighted by Gasteiger charge is -2.18. The zero-order chi connectivity index (χ0) is 10.6. The van der Waals surface area contributed by atoms with Crippen LogP contribution in [-0.4, -0.2) is 34.3 Å². The maximum atomic E-state index is 5.54. The monoisotopic (exact) mass is 196 g/mol. The maximum absolute atomic E-state index is 5.54. The third-order valence-electron chi connectivity index (χ3n) is 2.62. The van der Waals surface area contributed by atoms with Gasteiger partial charge in [-0.15, -0.1) is 0 Å². The first kappa shape index (κ1) is 11.2. The second-order valence-electron chi connectivity index (χ2n) is 3.54. The molecule has 0 aliphatic carbocycles. The molecule has 0 saturated carbocycles. The molecule has 0 radical (unpaired) electrons. The molecule has 14 heavy (non-hydrogen) atoms. The fourth-order valence-electron chi connectivity index (χ4n) is 1.47. The van der Waals surface area contributed by atoms with Crippen LogP contribution in [0.1, 0.15) is 18.2 Å². The molecule has 0 fully saturated rings. The van der Waals surface area contributed by atoms with E-state index in [1.54, 1.807) is 0 Å². The van der Waals surface area contributed by atoms with E-state index in [2.05, 4.69) is 23.8 Å². The molecule has 0 amide bonds. The van der Waals surface area contributed by atoms with Crippen molar-refractivity contribution in [2.75, 3.05) is 19.6 Å². The van der Waals surface area contributed by atoms with E-state index in [-0.39, 0.29) is 0 Å². The number of aromatic nitrogens is 2. The maximum Gasteiger partial charge on any atom is 0.0537 e. The quantitative estimate of drug-likeness (QED) is 0.746. The SMILES string of the molecule is CCN(CCN)Cc1cnn(C)c1C. The van der Waals surface area contributed by atoms with Gasteiger partial charge in [-0.05, 0) is 13.5 Å². The van der Waals surface area contributed by atoms with Crippen LogP contribution in [0.5, 0.6) is 0 Å². The Labute approximate surface area is 85.7 Å². The van der Waals surface area contributed by atoms with E-state index >= 15 is 0 Å². The van der Waals surface area contributed by atoms with Crippen LogP contribution in [0.2, 0.25) is 0 Å². The Hall–Kier alpha value is -0.870. The van der Waals surface area contributed by atoms with Crippen molar-refractivity contribution in [3.05, 3.63) is 17.5 Å². The average molecular weight is 196 g/mol. The van der Waals surface area contributed by atoms with Gasteiger partial charge < -0.3 is 5.73 Å². The molecule has 0 aliphatic rings. The Balaban J connectivity index is 2.62. The summed E-state index contributed by atoms with van der Waals surface area (Å²) in [5, 5.41) is 4.22. The van der Waals surface area contributed by atoms with Crippen LogP contribution >= 0.6 is 0 Å². The number of nitrogens with zero attached hydrogens (tertiary/aromatic N) is 3. The summed E-state index contributed by atoms with van der Waals surface area (Å²) in [6, 6.07) is 0. The minimum Gasteiger partial charge on any atom is -0.329 e. The number of hydrogen-bond acceptors (Lipinski definition) is 3. The molecule has 1 rings (SSSR count). The lowest BCUT2D eigenvalue weighted by atomic mass is 10.2. The lowest BCUT2D eigenvalue weighted by molar-refractivity contribution is 0.287. The third kappa shape index (κ3) is 2.56. The molecule has 0 aromatic carbocycles. The molecule has 80 valence electrons. The van der Waals surface area contributed by atoms with Crippen LogP contribution in [0.4, 0.5) is 0 Å². The summed E-state index contributed by atoms with van der Waals surface area (Å²) in [6.07, 6.45) is 1.94. The van der Waals surface area contributed by atoms with Gasteiger partial charge >= 0.3 is 0 Å². The minimum atomic E-state index is 0.715. The highest BCUT2D eigenvalue weighted by molar-refractivity contribution is 5.15. The van der Waals surface area contributed by atoms with Crippen molar-refractivity contribution in [3.63, 3.8) is 0 Å². The topological polar surface area (TPSA) is 47.1 Å². The third-order valence-corrected chi connectivity index (χ3v) is 2.62. The Morgan fingerprint density at radius 1 is 1.57 bits per heavy atom. The summed E-state index contributed by atoms with van der Waals surface area (Å²) in [4.78, 5) is 2.32. The van der Waals surface area contributed by atoms with Gasteiger partial charge in [0.2, 0.25) is 0 Å². The summed E-state index contributed by atoms with van der Waals surface area (Å²) in [7, 11) is 1.97. The number of hydrogen-bond donors (Lipinski definition) is 1. The van der Waals surface area contributed by atoms with Gasteiger partial charge in [0.05, 0.1) is 6.20 Å². The molecule has 0 spiro atoms. The second-order valence-corrected chi connectivity index (χ2v) is 3.54. The molecule has 1 aromatic heterocycles. The van der Waals surface area contributed by atoms with Crippen molar-refractivity contribution in [2.45, 2.75) is 20.4 Å². The fourth-order valence-corrected chi connectivity index (χ4v) is 1.47.